The fourth-order valence-electron chi connectivity index (χ4n) is 2.59. The molecule has 0 N–H and O–H groups in total. The van der Waals surface area contributed by atoms with Crippen molar-refractivity contribution < 1.29 is 0 Å². The molecule has 2 aromatic rings. The van der Waals surface area contributed by atoms with Crippen molar-refractivity contribution in [2.45, 2.75) is 18.8 Å². The SMILES string of the molecule is CN1CCC(c2cc(=O)n3ccccc3n2)CC1. The van der Waals surface area contributed by atoms with E-state index in [0.717, 1.165) is 37.3 Å². The third-order valence-corrected chi connectivity index (χ3v) is 3.73. The molecule has 4 nitrogen and oxygen atoms in total. The molecule has 0 radical (unpaired) electrons. The van der Waals surface area contributed by atoms with Crippen molar-refractivity contribution in [3.8, 4) is 0 Å². The number of hydrogen-bond acceptors (Lipinski definition) is 3. The second-order valence-electron chi connectivity index (χ2n) is 5.03. The lowest BCUT2D eigenvalue weighted by molar-refractivity contribution is 0.253. The number of piperidine rings is 1. The van der Waals surface area contributed by atoms with Crippen LogP contribution in [0.2, 0.25) is 0 Å². The highest BCUT2D eigenvalue weighted by molar-refractivity contribution is 5.38. The first-order valence-electron chi connectivity index (χ1n) is 6.41. The molecule has 0 spiro atoms. The van der Waals surface area contributed by atoms with Crippen molar-refractivity contribution in [3.05, 3.63) is 46.5 Å². The number of aromatic nitrogens is 2. The zero-order chi connectivity index (χ0) is 12.5. The van der Waals surface area contributed by atoms with Crippen molar-refractivity contribution >= 4 is 5.65 Å². The maximum absolute atomic E-state index is 12.0. The summed E-state index contributed by atoms with van der Waals surface area (Å²) in [6, 6.07) is 7.36. The van der Waals surface area contributed by atoms with E-state index >= 15 is 0 Å². The molecule has 0 unspecified atom stereocenters. The Hall–Kier alpha value is -1.68. The molecule has 3 heterocycles. The first-order chi connectivity index (χ1) is 8.74. The van der Waals surface area contributed by atoms with Crippen molar-refractivity contribution in [3.63, 3.8) is 0 Å². The molecule has 0 amide bonds. The lowest BCUT2D eigenvalue weighted by Gasteiger charge is -2.28. The van der Waals surface area contributed by atoms with Gasteiger partial charge in [0.2, 0.25) is 0 Å². The van der Waals surface area contributed by atoms with E-state index in [-0.39, 0.29) is 5.56 Å². The van der Waals surface area contributed by atoms with E-state index in [4.69, 9.17) is 0 Å². The van der Waals surface area contributed by atoms with Crippen LogP contribution in [0.1, 0.15) is 24.5 Å². The van der Waals surface area contributed by atoms with Crippen LogP contribution < -0.4 is 5.56 Å². The summed E-state index contributed by atoms with van der Waals surface area (Å²) in [6.07, 6.45) is 3.95. The molecule has 3 rings (SSSR count). The molecule has 94 valence electrons. The zero-order valence-corrected chi connectivity index (χ0v) is 10.5. The van der Waals surface area contributed by atoms with Crippen molar-refractivity contribution in [2.24, 2.45) is 0 Å². The molecule has 1 saturated heterocycles. The maximum Gasteiger partial charge on any atom is 0.258 e. The van der Waals surface area contributed by atoms with Gasteiger partial charge in [0.1, 0.15) is 5.65 Å². The molecule has 0 aromatic carbocycles. The zero-order valence-electron chi connectivity index (χ0n) is 10.5. The second kappa shape index (κ2) is 4.53. The Kier molecular flexibility index (Phi) is 2.88. The average molecular weight is 243 g/mol. The summed E-state index contributed by atoms with van der Waals surface area (Å²) >= 11 is 0. The average Bonchev–Trinajstić information content (AvgIpc) is 2.39. The van der Waals surface area contributed by atoms with E-state index in [0.29, 0.717) is 5.92 Å². The van der Waals surface area contributed by atoms with Gasteiger partial charge in [0.05, 0.1) is 5.69 Å². The van der Waals surface area contributed by atoms with E-state index < -0.39 is 0 Å². The van der Waals surface area contributed by atoms with Gasteiger partial charge in [-0.05, 0) is 45.1 Å². The molecule has 0 aliphatic carbocycles. The third-order valence-electron chi connectivity index (χ3n) is 3.73. The Morgan fingerprint density at radius 2 is 2.06 bits per heavy atom. The van der Waals surface area contributed by atoms with Gasteiger partial charge >= 0.3 is 0 Å². The Morgan fingerprint density at radius 3 is 2.83 bits per heavy atom. The van der Waals surface area contributed by atoms with Gasteiger partial charge < -0.3 is 4.90 Å². The Bertz CT molecular complexity index is 612. The lowest BCUT2D eigenvalue weighted by atomic mass is 9.93. The van der Waals surface area contributed by atoms with Crippen LogP contribution in [-0.4, -0.2) is 34.4 Å². The molecule has 1 fully saturated rings. The Labute approximate surface area is 106 Å². The molecule has 1 aliphatic rings. The summed E-state index contributed by atoms with van der Waals surface area (Å²) in [4.78, 5) is 19.0. The Balaban J connectivity index is 2.00. The van der Waals surface area contributed by atoms with Crippen LogP contribution in [0.4, 0.5) is 0 Å². The van der Waals surface area contributed by atoms with Gasteiger partial charge in [-0.1, -0.05) is 6.07 Å². The van der Waals surface area contributed by atoms with Crippen LogP contribution in [0.5, 0.6) is 0 Å². The van der Waals surface area contributed by atoms with Gasteiger partial charge in [0.15, 0.2) is 0 Å². The van der Waals surface area contributed by atoms with Crippen molar-refractivity contribution in [2.75, 3.05) is 20.1 Å². The van der Waals surface area contributed by atoms with Crippen LogP contribution >= 0.6 is 0 Å². The third kappa shape index (κ3) is 2.04. The molecule has 0 saturated carbocycles. The minimum absolute atomic E-state index is 0.0227. The first-order valence-corrected chi connectivity index (χ1v) is 6.41. The number of fused-ring (bicyclic) bond motifs is 1. The minimum atomic E-state index is 0.0227. The maximum atomic E-state index is 12.0. The summed E-state index contributed by atoms with van der Waals surface area (Å²) in [5.41, 5.74) is 1.73. The summed E-state index contributed by atoms with van der Waals surface area (Å²) in [6.45, 7) is 2.17. The number of nitrogens with zero attached hydrogens (tertiary/aromatic N) is 3. The Morgan fingerprint density at radius 1 is 1.28 bits per heavy atom. The molecule has 2 aromatic heterocycles. The number of hydrogen-bond donors (Lipinski definition) is 0. The van der Waals surface area contributed by atoms with E-state index in [2.05, 4.69) is 16.9 Å². The van der Waals surface area contributed by atoms with Gasteiger partial charge in [-0.2, -0.15) is 0 Å². The van der Waals surface area contributed by atoms with Crippen LogP contribution in [-0.2, 0) is 0 Å². The van der Waals surface area contributed by atoms with Crippen LogP contribution in [0.25, 0.3) is 5.65 Å². The molecular formula is C14H17N3O. The smallest absolute Gasteiger partial charge is 0.258 e. The topological polar surface area (TPSA) is 37.6 Å². The monoisotopic (exact) mass is 243 g/mol. The predicted octanol–water partition coefficient (Wildman–Crippen LogP) is 1.50. The van der Waals surface area contributed by atoms with E-state index in [1.54, 1.807) is 16.7 Å². The quantitative estimate of drug-likeness (QED) is 0.762. The van der Waals surface area contributed by atoms with Crippen LogP contribution in [0, 0.1) is 0 Å². The molecule has 0 atom stereocenters. The summed E-state index contributed by atoms with van der Waals surface area (Å²) in [7, 11) is 2.14. The van der Waals surface area contributed by atoms with Crippen LogP contribution in [0.3, 0.4) is 0 Å². The fraction of sp³-hybridized carbons (Fsp3) is 0.429. The number of rotatable bonds is 1. The highest BCUT2D eigenvalue weighted by Crippen LogP contribution is 2.25. The number of pyridine rings is 1. The van der Waals surface area contributed by atoms with Crippen molar-refractivity contribution in [1.82, 2.24) is 14.3 Å². The summed E-state index contributed by atoms with van der Waals surface area (Å²) in [5.74, 6) is 0.430. The molecule has 18 heavy (non-hydrogen) atoms. The van der Waals surface area contributed by atoms with E-state index in [1.807, 2.05) is 18.2 Å². The molecule has 0 bridgehead atoms. The van der Waals surface area contributed by atoms with Gasteiger partial charge in [-0.15, -0.1) is 0 Å². The largest absolute Gasteiger partial charge is 0.306 e. The standard InChI is InChI=1S/C14H17N3O/c1-16-8-5-11(6-9-16)12-10-14(18)17-7-3-2-4-13(17)15-12/h2-4,7,10-11H,5-6,8-9H2,1H3. The fourth-order valence-corrected chi connectivity index (χ4v) is 2.59. The van der Waals surface area contributed by atoms with Crippen LogP contribution in [0.15, 0.2) is 35.3 Å². The number of likely N-dealkylation sites (tertiary alicyclic amines) is 1. The second-order valence-corrected chi connectivity index (χ2v) is 5.03. The summed E-state index contributed by atoms with van der Waals surface area (Å²) < 4.78 is 1.60. The molecule has 4 heteroatoms. The van der Waals surface area contributed by atoms with Crippen molar-refractivity contribution in [1.29, 1.82) is 0 Å². The molecular weight excluding hydrogens is 226 g/mol. The van der Waals surface area contributed by atoms with E-state index in [1.165, 1.54) is 0 Å². The first kappa shape index (κ1) is 11.4. The van der Waals surface area contributed by atoms with Gasteiger partial charge in [-0.25, -0.2) is 4.98 Å². The molecule has 1 aliphatic heterocycles. The highest BCUT2D eigenvalue weighted by Gasteiger charge is 2.20. The van der Waals surface area contributed by atoms with E-state index in [9.17, 15) is 4.79 Å². The highest BCUT2D eigenvalue weighted by atomic mass is 16.1. The van der Waals surface area contributed by atoms with Gasteiger partial charge in [0.25, 0.3) is 5.56 Å². The lowest BCUT2D eigenvalue weighted by Crippen LogP contribution is -2.30. The normalized spacial score (nSPS) is 18.3. The van der Waals surface area contributed by atoms with Gasteiger partial charge in [0, 0.05) is 18.2 Å². The van der Waals surface area contributed by atoms with Gasteiger partial charge in [-0.3, -0.25) is 9.20 Å². The predicted molar refractivity (Wildman–Crippen MR) is 70.9 cm³/mol. The minimum Gasteiger partial charge on any atom is -0.306 e. The summed E-state index contributed by atoms with van der Waals surface area (Å²) in [5, 5.41) is 0.